The molecule has 0 saturated carbocycles. The summed E-state index contributed by atoms with van der Waals surface area (Å²) in [6.45, 7) is 0. The number of methoxy groups -OCH3 is 1. The summed E-state index contributed by atoms with van der Waals surface area (Å²) in [6.07, 6.45) is 4.41. The maximum Gasteiger partial charge on any atom is 0.356 e. The molecular formula is C8H6N2O2. The zero-order valence-electron chi connectivity index (χ0n) is 6.44. The van der Waals surface area contributed by atoms with Crippen molar-refractivity contribution in [2.45, 2.75) is 0 Å². The van der Waals surface area contributed by atoms with Crippen molar-refractivity contribution < 1.29 is 14.3 Å². The summed E-state index contributed by atoms with van der Waals surface area (Å²) < 4.78 is 4.85. The van der Waals surface area contributed by atoms with Gasteiger partial charge in [0.05, 0.1) is 12.7 Å². The number of nitrogens with zero attached hydrogens (tertiary/aromatic N) is 2. The van der Waals surface area contributed by atoms with Crippen LogP contribution in [0.25, 0.3) is 5.53 Å². The summed E-state index contributed by atoms with van der Waals surface area (Å²) in [4.78, 5) is 13.2. The van der Waals surface area contributed by atoms with Crippen molar-refractivity contribution in [2.75, 3.05) is 7.11 Å². The Bertz CT molecular complexity index is 353. The average molecular weight is 162 g/mol. The molecule has 0 unspecified atom stereocenters. The first kappa shape index (κ1) is 8.21. The van der Waals surface area contributed by atoms with Gasteiger partial charge < -0.3 is 10.3 Å². The van der Waals surface area contributed by atoms with Crippen LogP contribution in [0.5, 0.6) is 0 Å². The molecule has 0 aromatic heterocycles. The standard InChI is InChI=1S/C8H6N2O2/c1-12-8-4-6(5-11)2-3-7(8)10-9/h2-4H,1H3. The molecule has 0 aromatic carbocycles. The number of hydrogen-bond donors (Lipinski definition) is 0. The van der Waals surface area contributed by atoms with Crippen LogP contribution in [0, 0.1) is 0 Å². The van der Waals surface area contributed by atoms with Crippen LogP contribution >= 0.6 is 0 Å². The first-order valence-electron chi connectivity index (χ1n) is 3.23. The lowest BCUT2D eigenvalue weighted by atomic mass is 10.1. The SMILES string of the molecule is COC1=CC(=C=O)C=CC1=[N+]=[N-]. The molecule has 0 amide bonds. The van der Waals surface area contributed by atoms with Crippen LogP contribution in [-0.2, 0) is 9.53 Å². The molecule has 1 aliphatic carbocycles. The van der Waals surface area contributed by atoms with E-state index in [0.29, 0.717) is 11.3 Å². The summed E-state index contributed by atoms with van der Waals surface area (Å²) >= 11 is 0. The fourth-order valence-electron chi connectivity index (χ4n) is 0.824. The molecule has 12 heavy (non-hydrogen) atoms. The van der Waals surface area contributed by atoms with E-state index in [0.717, 1.165) is 0 Å². The Labute approximate surface area is 69.1 Å². The van der Waals surface area contributed by atoms with Crippen LogP contribution in [0.15, 0.2) is 29.6 Å². The lowest BCUT2D eigenvalue weighted by Crippen LogP contribution is -2.06. The molecule has 0 atom stereocenters. The molecule has 4 nitrogen and oxygen atoms in total. The van der Waals surface area contributed by atoms with E-state index in [1.165, 1.54) is 25.3 Å². The second kappa shape index (κ2) is 3.49. The van der Waals surface area contributed by atoms with Gasteiger partial charge in [-0.25, -0.2) is 4.79 Å². The predicted octanol–water partition coefficient (Wildman–Crippen LogP) is 0.515. The van der Waals surface area contributed by atoms with Crippen molar-refractivity contribution in [1.82, 2.24) is 0 Å². The predicted molar refractivity (Wildman–Crippen MR) is 42.1 cm³/mol. The van der Waals surface area contributed by atoms with E-state index in [4.69, 9.17) is 10.3 Å². The van der Waals surface area contributed by atoms with Gasteiger partial charge in [-0.05, 0) is 6.08 Å². The number of ether oxygens (including phenoxy) is 1. The molecule has 0 radical (unpaired) electrons. The molecule has 0 N–H and O–H groups in total. The molecular weight excluding hydrogens is 156 g/mol. The van der Waals surface area contributed by atoms with E-state index in [9.17, 15) is 4.79 Å². The Kier molecular flexibility index (Phi) is 2.38. The van der Waals surface area contributed by atoms with E-state index < -0.39 is 0 Å². The van der Waals surface area contributed by atoms with Gasteiger partial charge in [0.2, 0.25) is 5.76 Å². The molecule has 1 aliphatic rings. The molecule has 60 valence electrons. The third-order valence-electron chi connectivity index (χ3n) is 1.41. The van der Waals surface area contributed by atoms with Gasteiger partial charge >= 0.3 is 5.71 Å². The van der Waals surface area contributed by atoms with Crippen LogP contribution in [0.2, 0.25) is 0 Å². The van der Waals surface area contributed by atoms with E-state index in [1.54, 1.807) is 5.94 Å². The zero-order valence-corrected chi connectivity index (χ0v) is 6.44. The highest BCUT2D eigenvalue weighted by atomic mass is 16.5. The minimum absolute atomic E-state index is 0.288. The van der Waals surface area contributed by atoms with E-state index >= 15 is 0 Å². The van der Waals surface area contributed by atoms with Gasteiger partial charge in [-0.15, -0.1) is 0 Å². The molecule has 0 spiro atoms. The van der Waals surface area contributed by atoms with Crippen molar-refractivity contribution in [1.29, 1.82) is 0 Å². The minimum atomic E-state index is 0.288. The van der Waals surface area contributed by atoms with Gasteiger partial charge in [0, 0.05) is 12.2 Å². The van der Waals surface area contributed by atoms with E-state index in [-0.39, 0.29) is 5.71 Å². The third kappa shape index (κ3) is 1.40. The monoisotopic (exact) mass is 162 g/mol. The van der Waals surface area contributed by atoms with Crippen molar-refractivity contribution in [3.05, 3.63) is 35.1 Å². The van der Waals surface area contributed by atoms with Crippen LogP contribution < -0.4 is 0 Å². The van der Waals surface area contributed by atoms with Gasteiger partial charge in [-0.3, -0.25) is 0 Å². The van der Waals surface area contributed by atoms with Crippen LogP contribution in [0.1, 0.15) is 0 Å². The smallest absolute Gasteiger partial charge is 0.356 e. The van der Waals surface area contributed by atoms with Crippen LogP contribution in [0.4, 0.5) is 0 Å². The highest BCUT2D eigenvalue weighted by Gasteiger charge is 2.16. The van der Waals surface area contributed by atoms with E-state index in [1.807, 2.05) is 0 Å². The van der Waals surface area contributed by atoms with Crippen LogP contribution in [-0.4, -0.2) is 23.6 Å². The zero-order chi connectivity index (χ0) is 8.97. The maximum absolute atomic E-state index is 10.2. The quantitative estimate of drug-likeness (QED) is 0.320. The molecule has 0 heterocycles. The summed E-state index contributed by atoms with van der Waals surface area (Å²) in [5.74, 6) is 2.05. The van der Waals surface area contributed by atoms with Crippen molar-refractivity contribution >= 4 is 11.7 Å². The molecule has 0 aliphatic heterocycles. The van der Waals surface area contributed by atoms with Gasteiger partial charge in [0.1, 0.15) is 5.94 Å². The summed E-state index contributed by atoms with van der Waals surface area (Å²) in [5, 5.41) is 0. The van der Waals surface area contributed by atoms with Gasteiger partial charge in [0.25, 0.3) is 0 Å². The van der Waals surface area contributed by atoms with E-state index in [2.05, 4.69) is 4.79 Å². The number of carbonyl (C=O) groups excluding carboxylic acids is 1. The van der Waals surface area contributed by atoms with Crippen molar-refractivity contribution in [2.24, 2.45) is 0 Å². The van der Waals surface area contributed by atoms with Gasteiger partial charge in [-0.2, -0.15) is 4.79 Å². The second-order valence-electron chi connectivity index (χ2n) is 2.09. The number of allylic oxidation sites excluding steroid dienone is 4. The fourth-order valence-corrected chi connectivity index (χ4v) is 0.824. The normalized spacial score (nSPS) is 14.9. The lowest BCUT2D eigenvalue weighted by Gasteiger charge is -2.01. The Morgan fingerprint density at radius 2 is 2.33 bits per heavy atom. The number of rotatable bonds is 1. The first-order valence-corrected chi connectivity index (χ1v) is 3.23. The Balaban J connectivity index is 3.15. The Morgan fingerprint density at radius 1 is 1.58 bits per heavy atom. The van der Waals surface area contributed by atoms with Crippen molar-refractivity contribution in [3.8, 4) is 0 Å². The maximum atomic E-state index is 10.2. The highest BCUT2D eigenvalue weighted by molar-refractivity contribution is 6.05. The Hall–Kier alpha value is -1.89. The molecule has 0 bridgehead atoms. The topological polar surface area (TPSA) is 62.7 Å². The number of hydrogen-bond acceptors (Lipinski definition) is 2. The largest absolute Gasteiger partial charge is 0.489 e. The fraction of sp³-hybridized carbons (Fsp3) is 0.125. The highest BCUT2D eigenvalue weighted by Crippen LogP contribution is 2.10. The van der Waals surface area contributed by atoms with Crippen molar-refractivity contribution in [3.63, 3.8) is 0 Å². The van der Waals surface area contributed by atoms with Crippen LogP contribution in [0.3, 0.4) is 0 Å². The van der Waals surface area contributed by atoms with Gasteiger partial charge in [0.15, 0.2) is 0 Å². The molecule has 4 heteroatoms. The first-order chi connectivity index (χ1) is 5.81. The minimum Gasteiger partial charge on any atom is -0.489 e. The summed E-state index contributed by atoms with van der Waals surface area (Å²) in [7, 11) is 1.43. The van der Waals surface area contributed by atoms with Gasteiger partial charge in [-0.1, -0.05) is 0 Å². The Morgan fingerprint density at radius 3 is 2.83 bits per heavy atom. The molecule has 0 saturated heterocycles. The summed E-state index contributed by atoms with van der Waals surface area (Å²) in [5.41, 5.74) is 9.11. The molecule has 0 aromatic rings. The second-order valence-corrected chi connectivity index (χ2v) is 2.09. The lowest BCUT2D eigenvalue weighted by molar-refractivity contribution is -0.00674. The molecule has 0 fully saturated rings. The average Bonchev–Trinajstić information content (AvgIpc) is 2.16. The summed E-state index contributed by atoms with van der Waals surface area (Å²) in [6, 6.07) is 0. The molecule has 1 rings (SSSR count). The third-order valence-corrected chi connectivity index (χ3v) is 1.41.